The lowest BCUT2D eigenvalue weighted by atomic mass is 10.1. The number of hydrogen-bond acceptors (Lipinski definition) is 6. The number of benzene rings is 1. The van der Waals surface area contributed by atoms with Crippen molar-refractivity contribution in [3.63, 3.8) is 0 Å². The highest BCUT2D eigenvalue weighted by Gasteiger charge is 2.26. The van der Waals surface area contributed by atoms with Gasteiger partial charge in [-0.3, -0.25) is 4.79 Å². The number of hydrogen-bond donors (Lipinski definition) is 0. The Morgan fingerprint density at radius 2 is 1.67 bits per heavy atom. The van der Waals surface area contributed by atoms with E-state index < -0.39 is 24.0 Å². The fraction of sp³-hybridized carbons (Fsp3) is 0.500. The van der Waals surface area contributed by atoms with E-state index in [4.69, 9.17) is 4.74 Å². The smallest absolute Gasteiger partial charge is 0.395 e. The van der Waals surface area contributed by atoms with Gasteiger partial charge in [0.15, 0.2) is 0 Å². The molecule has 0 saturated heterocycles. The normalized spacial score (nSPS) is 11.4. The highest BCUT2D eigenvalue weighted by atomic mass is 17.2. The van der Waals surface area contributed by atoms with E-state index in [1.807, 2.05) is 0 Å². The average Bonchev–Trinajstić information content (AvgIpc) is 2.62. The molecule has 0 bridgehead atoms. The molecule has 1 unspecified atom stereocenters. The summed E-state index contributed by atoms with van der Waals surface area (Å²) in [6.45, 7) is 3.71. The number of esters is 1. The zero-order chi connectivity index (χ0) is 17.8. The predicted molar refractivity (Wildman–Crippen MR) is 86.9 cm³/mol. The van der Waals surface area contributed by atoms with Gasteiger partial charge in [-0.15, -0.1) is 0 Å². The molecule has 132 valence electrons. The van der Waals surface area contributed by atoms with E-state index in [-0.39, 0.29) is 12.0 Å². The van der Waals surface area contributed by atoms with Gasteiger partial charge in [0.2, 0.25) is 6.10 Å². The highest BCUT2D eigenvalue weighted by Crippen LogP contribution is 2.12. The van der Waals surface area contributed by atoms with Gasteiger partial charge in [0, 0.05) is 6.42 Å². The number of rotatable bonds is 9. The molecule has 0 aliphatic rings. The third-order valence-corrected chi connectivity index (χ3v) is 3.35. The number of carbonyl (C=O) groups is 3. The molecule has 1 aromatic carbocycles. The lowest BCUT2D eigenvalue weighted by molar-refractivity contribution is -0.243. The Morgan fingerprint density at radius 3 is 2.29 bits per heavy atom. The summed E-state index contributed by atoms with van der Waals surface area (Å²) in [7, 11) is 0. The molecule has 0 aliphatic carbocycles. The van der Waals surface area contributed by atoms with Crippen molar-refractivity contribution in [3.05, 3.63) is 35.9 Å². The van der Waals surface area contributed by atoms with Crippen LogP contribution in [-0.2, 0) is 24.1 Å². The molecule has 1 atom stereocenters. The van der Waals surface area contributed by atoms with E-state index in [0.29, 0.717) is 6.42 Å². The Balaban J connectivity index is 2.52. The maximum atomic E-state index is 12.0. The maximum absolute atomic E-state index is 12.0. The monoisotopic (exact) mass is 336 g/mol. The zero-order valence-corrected chi connectivity index (χ0v) is 14.2. The van der Waals surface area contributed by atoms with Crippen LogP contribution in [0.1, 0.15) is 62.7 Å². The minimum atomic E-state index is -1.06. The second-order valence-electron chi connectivity index (χ2n) is 5.32. The molecular formula is C18H24O6. The van der Waals surface area contributed by atoms with E-state index in [9.17, 15) is 14.4 Å². The van der Waals surface area contributed by atoms with Crippen molar-refractivity contribution in [1.82, 2.24) is 0 Å². The first-order valence-electron chi connectivity index (χ1n) is 8.25. The zero-order valence-electron chi connectivity index (χ0n) is 14.2. The number of unbranched alkanes of at least 4 members (excludes halogenated alkanes) is 3. The van der Waals surface area contributed by atoms with Gasteiger partial charge < -0.3 is 4.74 Å². The Bertz CT molecular complexity index is 526. The average molecular weight is 336 g/mol. The standard InChI is InChI=1S/C18H24O6/c1-3-5-6-10-13-15(22-16(19)4-2)18(21)24-23-17(20)14-11-8-7-9-12-14/h7-9,11-12,15H,3-6,10,13H2,1-2H3. The van der Waals surface area contributed by atoms with Gasteiger partial charge >= 0.3 is 17.9 Å². The van der Waals surface area contributed by atoms with Gasteiger partial charge in [-0.1, -0.05) is 51.3 Å². The largest absolute Gasteiger partial charge is 0.450 e. The molecule has 0 radical (unpaired) electrons. The highest BCUT2D eigenvalue weighted by molar-refractivity contribution is 5.89. The van der Waals surface area contributed by atoms with Gasteiger partial charge in [0.1, 0.15) is 0 Å². The molecule has 0 N–H and O–H groups in total. The third kappa shape index (κ3) is 7.26. The van der Waals surface area contributed by atoms with Crippen LogP contribution in [0.5, 0.6) is 0 Å². The first kappa shape index (κ1) is 19.7. The van der Waals surface area contributed by atoms with Crippen LogP contribution < -0.4 is 0 Å². The van der Waals surface area contributed by atoms with Crippen LogP contribution in [0.3, 0.4) is 0 Å². The van der Waals surface area contributed by atoms with Crippen LogP contribution in [0.25, 0.3) is 0 Å². The quantitative estimate of drug-likeness (QED) is 0.297. The van der Waals surface area contributed by atoms with E-state index in [1.165, 1.54) is 12.1 Å². The summed E-state index contributed by atoms with van der Waals surface area (Å²) in [5, 5.41) is 0. The first-order chi connectivity index (χ1) is 11.6. The van der Waals surface area contributed by atoms with Crippen LogP contribution in [0, 0.1) is 0 Å². The lowest BCUT2D eigenvalue weighted by Crippen LogP contribution is -2.30. The van der Waals surface area contributed by atoms with E-state index in [1.54, 1.807) is 25.1 Å². The molecule has 0 spiro atoms. The van der Waals surface area contributed by atoms with Gasteiger partial charge in [0.05, 0.1) is 5.56 Å². The maximum Gasteiger partial charge on any atom is 0.395 e. The fourth-order valence-corrected chi connectivity index (χ4v) is 1.98. The van der Waals surface area contributed by atoms with Crippen molar-refractivity contribution >= 4 is 17.9 Å². The molecule has 0 heterocycles. The minimum absolute atomic E-state index is 0.155. The molecule has 6 nitrogen and oxygen atoms in total. The van der Waals surface area contributed by atoms with Crippen LogP contribution in [0.2, 0.25) is 0 Å². The van der Waals surface area contributed by atoms with Crippen molar-refractivity contribution < 1.29 is 28.9 Å². The Morgan fingerprint density at radius 1 is 0.958 bits per heavy atom. The SMILES string of the molecule is CCCCCCC(OC(=O)CC)C(=O)OOC(=O)c1ccccc1. The van der Waals surface area contributed by atoms with Crippen molar-refractivity contribution in [2.24, 2.45) is 0 Å². The summed E-state index contributed by atoms with van der Waals surface area (Å²) < 4.78 is 5.07. The molecule has 0 saturated carbocycles. The number of carbonyl (C=O) groups excluding carboxylic acids is 3. The second kappa shape index (κ2) is 11.2. The molecule has 0 amide bonds. The lowest BCUT2D eigenvalue weighted by Gasteiger charge is -2.15. The minimum Gasteiger partial charge on any atom is -0.450 e. The van der Waals surface area contributed by atoms with Crippen LogP contribution >= 0.6 is 0 Å². The van der Waals surface area contributed by atoms with Crippen LogP contribution in [-0.4, -0.2) is 24.0 Å². The van der Waals surface area contributed by atoms with Crippen molar-refractivity contribution in [1.29, 1.82) is 0 Å². The molecule has 0 aromatic heterocycles. The van der Waals surface area contributed by atoms with E-state index >= 15 is 0 Å². The van der Waals surface area contributed by atoms with E-state index in [2.05, 4.69) is 16.7 Å². The summed E-state index contributed by atoms with van der Waals surface area (Å²) in [4.78, 5) is 44.3. The van der Waals surface area contributed by atoms with Crippen molar-refractivity contribution in [2.45, 2.75) is 58.5 Å². The second-order valence-corrected chi connectivity index (χ2v) is 5.32. The van der Waals surface area contributed by atoms with Gasteiger partial charge in [-0.25, -0.2) is 19.4 Å². The summed E-state index contributed by atoms with van der Waals surface area (Å²) in [6.07, 6.45) is 3.17. The molecule has 0 fully saturated rings. The molecule has 6 heteroatoms. The fourth-order valence-electron chi connectivity index (χ4n) is 1.98. The predicted octanol–water partition coefficient (Wildman–Crippen LogP) is 3.59. The van der Waals surface area contributed by atoms with Crippen molar-refractivity contribution in [3.8, 4) is 0 Å². The van der Waals surface area contributed by atoms with Gasteiger partial charge in [0.25, 0.3) is 0 Å². The molecule has 1 rings (SSSR count). The molecule has 0 aliphatic heterocycles. The summed E-state index contributed by atoms with van der Waals surface area (Å²) >= 11 is 0. The molecule has 1 aromatic rings. The Hall–Kier alpha value is -2.37. The van der Waals surface area contributed by atoms with Crippen LogP contribution in [0.15, 0.2) is 30.3 Å². The third-order valence-electron chi connectivity index (χ3n) is 3.35. The van der Waals surface area contributed by atoms with E-state index in [0.717, 1.165) is 25.7 Å². The van der Waals surface area contributed by atoms with Crippen molar-refractivity contribution in [2.75, 3.05) is 0 Å². The topological polar surface area (TPSA) is 78.9 Å². The first-order valence-corrected chi connectivity index (χ1v) is 8.25. The number of ether oxygens (including phenoxy) is 1. The Kier molecular flexibility index (Phi) is 9.19. The summed E-state index contributed by atoms with van der Waals surface area (Å²) in [5.41, 5.74) is 0.260. The van der Waals surface area contributed by atoms with Gasteiger partial charge in [-0.2, -0.15) is 0 Å². The van der Waals surface area contributed by atoms with Gasteiger partial charge in [-0.05, 0) is 25.0 Å². The molecular weight excluding hydrogens is 312 g/mol. The van der Waals surface area contributed by atoms with Crippen LogP contribution in [0.4, 0.5) is 0 Å². The molecule has 24 heavy (non-hydrogen) atoms. The Labute approximate surface area is 142 Å². The summed E-state index contributed by atoms with van der Waals surface area (Å²) in [6, 6.07) is 8.15. The summed E-state index contributed by atoms with van der Waals surface area (Å²) in [5.74, 6) is -2.16.